The Morgan fingerprint density at radius 1 is 1.46 bits per heavy atom. The summed E-state index contributed by atoms with van der Waals surface area (Å²) in [5.41, 5.74) is 1.72. The van der Waals surface area contributed by atoms with E-state index in [4.69, 9.17) is 0 Å². The molecule has 9 nitrogen and oxygen atoms in total. The van der Waals surface area contributed by atoms with Gasteiger partial charge in [-0.1, -0.05) is 0 Å². The average Bonchev–Trinajstić information content (AvgIpc) is 3.10. The SMILES string of the molecule is CCn1cc(/C=C/C(=O)NCCn2nc(C)c([N+](=O)[O-])c2C)cn1. The van der Waals surface area contributed by atoms with Crippen LogP contribution in [0.3, 0.4) is 0 Å². The topological polar surface area (TPSA) is 108 Å². The van der Waals surface area contributed by atoms with Crippen molar-refractivity contribution >= 4 is 17.7 Å². The van der Waals surface area contributed by atoms with E-state index in [0.29, 0.717) is 24.5 Å². The molecule has 0 fully saturated rings. The van der Waals surface area contributed by atoms with Gasteiger partial charge in [0.15, 0.2) is 0 Å². The molecule has 9 heteroatoms. The Hall–Kier alpha value is -2.97. The summed E-state index contributed by atoms with van der Waals surface area (Å²) in [5, 5.41) is 21.9. The van der Waals surface area contributed by atoms with Gasteiger partial charge < -0.3 is 5.32 Å². The van der Waals surface area contributed by atoms with E-state index in [2.05, 4.69) is 15.5 Å². The number of nitro groups is 1. The van der Waals surface area contributed by atoms with Crippen LogP contribution >= 0.6 is 0 Å². The van der Waals surface area contributed by atoms with Crippen LogP contribution in [0.2, 0.25) is 0 Å². The smallest absolute Gasteiger partial charge is 0.312 e. The van der Waals surface area contributed by atoms with Crippen molar-refractivity contribution in [3.8, 4) is 0 Å². The van der Waals surface area contributed by atoms with Gasteiger partial charge in [0.1, 0.15) is 11.4 Å². The van der Waals surface area contributed by atoms with E-state index in [-0.39, 0.29) is 11.6 Å². The number of aryl methyl sites for hydroxylation is 2. The highest BCUT2D eigenvalue weighted by Gasteiger charge is 2.21. The van der Waals surface area contributed by atoms with Crippen LogP contribution in [0.5, 0.6) is 0 Å². The Morgan fingerprint density at radius 3 is 2.79 bits per heavy atom. The fourth-order valence-corrected chi connectivity index (χ4v) is 2.32. The summed E-state index contributed by atoms with van der Waals surface area (Å²) >= 11 is 0. The number of aromatic nitrogens is 4. The molecule has 2 heterocycles. The fourth-order valence-electron chi connectivity index (χ4n) is 2.32. The van der Waals surface area contributed by atoms with Gasteiger partial charge in [-0.15, -0.1) is 0 Å². The first-order valence-corrected chi connectivity index (χ1v) is 7.59. The maximum absolute atomic E-state index is 11.8. The summed E-state index contributed by atoms with van der Waals surface area (Å²) in [6.45, 7) is 6.69. The number of amides is 1. The summed E-state index contributed by atoms with van der Waals surface area (Å²) in [6.07, 6.45) is 6.64. The highest BCUT2D eigenvalue weighted by molar-refractivity contribution is 5.91. The van der Waals surface area contributed by atoms with Crippen molar-refractivity contribution in [1.82, 2.24) is 24.9 Å². The molecule has 0 aliphatic rings. The number of hydrogen-bond acceptors (Lipinski definition) is 5. The number of carbonyl (C=O) groups excluding carboxylic acids is 1. The van der Waals surface area contributed by atoms with Crippen molar-refractivity contribution in [2.24, 2.45) is 0 Å². The second-order valence-corrected chi connectivity index (χ2v) is 5.25. The Balaban J connectivity index is 1.86. The number of hydrogen-bond donors (Lipinski definition) is 1. The highest BCUT2D eigenvalue weighted by Crippen LogP contribution is 2.21. The molecule has 128 valence electrons. The van der Waals surface area contributed by atoms with Crippen LogP contribution in [0, 0.1) is 24.0 Å². The molecule has 1 N–H and O–H groups in total. The molecule has 0 aromatic carbocycles. The maximum atomic E-state index is 11.8. The average molecular weight is 332 g/mol. The van der Waals surface area contributed by atoms with E-state index in [1.54, 1.807) is 30.8 Å². The van der Waals surface area contributed by atoms with Crippen molar-refractivity contribution in [3.63, 3.8) is 0 Å². The molecule has 2 rings (SSSR count). The molecular formula is C15H20N6O3. The minimum atomic E-state index is -0.439. The van der Waals surface area contributed by atoms with Gasteiger partial charge in [0.2, 0.25) is 5.91 Å². The molecule has 0 saturated carbocycles. The number of nitrogens with one attached hydrogen (secondary N) is 1. The molecule has 0 aliphatic heterocycles. The highest BCUT2D eigenvalue weighted by atomic mass is 16.6. The van der Waals surface area contributed by atoms with Crippen LogP contribution in [0.15, 0.2) is 18.5 Å². The van der Waals surface area contributed by atoms with Crippen molar-refractivity contribution < 1.29 is 9.72 Å². The van der Waals surface area contributed by atoms with E-state index in [1.807, 2.05) is 13.1 Å². The van der Waals surface area contributed by atoms with Crippen LogP contribution in [0.4, 0.5) is 5.69 Å². The first-order valence-electron chi connectivity index (χ1n) is 7.59. The first-order chi connectivity index (χ1) is 11.4. The Kier molecular flexibility index (Phi) is 5.46. The lowest BCUT2D eigenvalue weighted by molar-refractivity contribution is -0.386. The minimum absolute atomic E-state index is 0.0224. The van der Waals surface area contributed by atoms with Crippen molar-refractivity contribution in [2.75, 3.05) is 6.54 Å². The van der Waals surface area contributed by atoms with Gasteiger partial charge in [-0.2, -0.15) is 10.2 Å². The lowest BCUT2D eigenvalue weighted by Gasteiger charge is -2.04. The molecule has 0 atom stereocenters. The van der Waals surface area contributed by atoms with Gasteiger partial charge in [0.25, 0.3) is 0 Å². The minimum Gasteiger partial charge on any atom is -0.351 e. The quantitative estimate of drug-likeness (QED) is 0.469. The number of rotatable bonds is 7. The Labute approximate surface area is 139 Å². The molecule has 0 bridgehead atoms. The van der Waals surface area contributed by atoms with Crippen LogP contribution in [-0.2, 0) is 17.9 Å². The Bertz CT molecular complexity index is 774. The first kappa shape index (κ1) is 17.4. The van der Waals surface area contributed by atoms with Crippen LogP contribution in [0.1, 0.15) is 23.9 Å². The molecule has 0 saturated heterocycles. The summed E-state index contributed by atoms with van der Waals surface area (Å²) in [5.74, 6) is -0.240. The van der Waals surface area contributed by atoms with Gasteiger partial charge in [0.05, 0.1) is 17.7 Å². The van der Waals surface area contributed by atoms with Crippen molar-refractivity contribution in [3.05, 3.63) is 45.5 Å². The Morgan fingerprint density at radius 2 is 2.21 bits per heavy atom. The summed E-state index contributed by atoms with van der Waals surface area (Å²) in [4.78, 5) is 22.3. The van der Waals surface area contributed by atoms with Gasteiger partial charge in [-0.25, -0.2) is 0 Å². The predicted molar refractivity (Wildman–Crippen MR) is 88.3 cm³/mol. The third-order valence-corrected chi connectivity index (χ3v) is 3.55. The zero-order valence-corrected chi connectivity index (χ0v) is 13.9. The largest absolute Gasteiger partial charge is 0.351 e. The molecule has 0 spiro atoms. The van der Waals surface area contributed by atoms with E-state index in [9.17, 15) is 14.9 Å². The van der Waals surface area contributed by atoms with Gasteiger partial charge >= 0.3 is 5.69 Å². The summed E-state index contributed by atoms with van der Waals surface area (Å²) < 4.78 is 3.30. The van der Waals surface area contributed by atoms with Crippen molar-refractivity contribution in [1.29, 1.82) is 0 Å². The lowest BCUT2D eigenvalue weighted by atomic mass is 10.3. The third kappa shape index (κ3) is 4.06. The molecule has 0 aliphatic carbocycles. The van der Waals surface area contributed by atoms with Gasteiger partial charge in [-0.05, 0) is 26.8 Å². The van der Waals surface area contributed by atoms with E-state index in [1.165, 1.54) is 10.8 Å². The number of nitrogens with zero attached hydrogens (tertiary/aromatic N) is 5. The molecule has 2 aromatic rings. The van der Waals surface area contributed by atoms with Gasteiger partial charge in [0, 0.05) is 30.9 Å². The monoisotopic (exact) mass is 332 g/mol. The van der Waals surface area contributed by atoms with Crippen molar-refractivity contribution in [2.45, 2.75) is 33.9 Å². The normalized spacial score (nSPS) is 11.1. The van der Waals surface area contributed by atoms with Crippen LogP contribution in [0.25, 0.3) is 6.08 Å². The maximum Gasteiger partial charge on any atom is 0.312 e. The zero-order chi connectivity index (χ0) is 17.7. The van der Waals surface area contributed by atoms with Gasteiger partial charge in [-0.3, -0.25) is 24.3 Å². The molecule has 0 radical (unpaired) electrons. The second kappa shape index (κ2) is 7.53. The number of carbonyl (C=O) groups is 1. The summed E-state index contributed by atoms with van der Waals surface area (Å²) in [7, 11) is 0. The molecular weight excluding hydrogens is 312 g/mol. The molecule has 24 heavy (non-hydrogen) atoms. The third-order valence-electron chi connectivity index (χ3n) is 3.55. The van der Waals surface area contributed by atoms with Crippen LogP contribution in [-0.4, -0.2) is 36.9 Å². The summed E-state index contributed by atoms with van der Waals surface area (Å²) in [6, 6.07) is 0. The zero-order valence-electron chi connectivity index (χ0n) is 13.9. The van der Waals surface area contributed by atoms with E-state index < -0.39 is 4.92 Å². The predicted octanol–water partition coefficient (Wildman–Crippen LogP) is 1.45. The fraction of sp³-hybridized carbons (Fsp3) is 0.400. The van der Waals surface area contributed by atoms with E-state index in [0.717, 1.165) is 12.1 Å². The standard InChI is InChI=1S/C15H20N6O3/c1-4-19-10-13(9-17-19)5-6-14(22)16-7-8-20-12(3)15(21(23)24)11(2)18-20/h5-6,9-10H,4,7-8H2,1-3H3,(H,16,22)/b6-5+. The molecule has 1 amide bonds. The lowest BCUT2D eigenvalue weighted by Crippen LogP contribution is -2.26. The van der Waals surface area contributed by atoms with Crippen LogP contribution < -0.4 is 5.32 Å². The second-order valence-electron chi connectivity index (χ2n) is 5.25. The molecule has 0 unspecified atom stereocenters. The van der Waals surface area contributed by atoms with E-state index >= 15 is 0 Å². The molecule has 2 aromatic heterocycles.